The summed E-state index contributed by atoms with van der Waals surface area (Å²) >= 11 is 0. The van der Waals surface area contributed by atoms with Crippen LogP contribution in [0.1, 0.15) is 13.3 Å². The molecule has 0 aromatic carbocycles. The Bertz CT molecular complexity index is 211. The van der Waals surface area contributed by atoms with Gasteiger partial charge in [-0.25, -0.2) is 0 Å². The summed E-state index contributed by atoms with van der Waals surface area (Å²) in [5.41, 5.74) is 0. The molecule has 1 aliphatic heterocycles. The number of hydrogen-bond acceptors (Lipinski definition) is 4. The van der Waals surface area contributed by atoms with Crippen LogP contribution in [0.2, 0.25) is 0 Å². The monoisotopic (exact) mass is 216 g/mol. The summed E-state index contributed by atoms with van der Waals surface area (Å²) < 4.78 is 4.94. The van der Waals surface area contributed by atoms with Gasteiger partial charge in [0.2, 0.25) is 5.91 Å². The van der Waals surface area contributed by atoms with Crippen LogP contribution < -0.4 is 5.32 Å². The molecule has 5 nitrogen and oxygen atoms in total. The van der Waals surface area contributed by atoms with Crippen LogP contribution in [-0.2, 0) is 9.53 Å². The molecule has 5 heteroatoms. The normalized spacial score (nSPS) is 25.5. The molecule has 0 aromatic rings. The molecule has 1 aliphatic rings. The zero-order valence-corrected chi connectivity index (χ0v) is 9.40. The smallest absolute Gasteiger partial charge is 0.239 e. The van der Waals surface area contributed by atoms with Gasteiger partial charge in [-0.1, -0.05) is 0 Å². The second-order valence-electron chi connectivity index (χ2n) is 3.76. The van der Waals surface area contributed by atoms with Gasteiger partial charge in [-0.2, -0.15) is 0 Å². The first kappa shape index (κ1) is 12.4. The molecule has 0 aromatic heterocycles. The lowest BCUT2D eigenvalue weighted by Crippen LogP contribution is -2.44. The number of aliphatic hydroxyl groups excluding tert-OH is 1. The molecule has 2 atom stereocenters. The van der Waals surface area contributed by atoms with Crippen LogP contribution in [0.25, 0.3) is 0 Å². The number of amides is 1. The number of methoxy groups -OCH3 is 1. The van der Waals surface area contributed by atoms with Crippen molar-refractivity contribution in [3.63, 3.8) is 0 Å². The zero-order chi connectivity index (χ0) is 11.3. The van der Waals surface area contributed by atoms with E-state index in [0.717, 1.165) is 0 Å². The third-order valence-electron chi connectivity index (χ3n) is 2.66. The fourth-order valence-electron chi connectivity index (χ4n) is 1.75. The third-order valence-corrected chi connectivity index (χ3v) is 2.66. The first-order valence-corrected chi connectivity index (χ1v) is 5.38. The van der Waals surface area contributed by atoms with Crippen LogP contribution >= 0.6 is 0 Å². The maximum absolute atomic E-state index is 11.9. The average molecular weight is 216 g/mol. The number of hydrogen-bond donors (Lipinski definition) is 2. The largest absolute Gasteiger partial charge is 0.392 e. The van der Waals surface area contributed by atoms with E-state index < -0.39 is 0 Å². The van der Waals surface area contributed by atoms with Crippen molar-refractivity contribution in [2.24, 2.45) is 0 Å². The van der Waals surface area contributed by atoms with E-state index in [1.54, 1.807) is 12.0 Å². The van der Waals surface area contributed by atoms with Gasteiger partial charge in [0.25, 0.3) is 0 Å². The van der Waals surface area contributed by atoms with Crippen molar-refractivity contribution in [2.75, 3.05) is 33.4 Å². The molecule has 1 amide bonds. The number of rotatable bonds is 5. The van der Waals surface area contributed by atoms with Crippen LogP contribution in [0.4, 0.5) is 0 Å². The van der Waals surface area contributed by atoms with E-state index in [2.05, 4.69) is 5.32 Å². The van der Waals surface area contributed by atoms with Crippen molar-refractivity contribution in [1.82, 2.24) is 10.2 Å². The molecular formula is C10H20N2O3. The highest BCUT2D eigenvalue weighted by atomic mass is 16.5. The van der Waals surface area contributed by atoms with Crippen LogP contribution in [0.5, 0.6) is 0 Å². The van der Waals surface area contributed by atoms with E-state index in [4.69, 9.17) is 4.74 Å². The SMILES string of the molecule is CCN(CCOC)C(=O)C1CC(O)CN1. The highest BCUT2D eigenvalue weighted by molar-refractivity contribution is 5.82. The summed E-state index contributed by atoms with van der Waals surface area (Å²) in [6.45, 7) is 4.29. The maximum atomic E-state index is 11.9. The van der Waals surface area contributed by atoms with Crippen LogP contribution in [-0.4, -0.2) is 61.4 Å². The number of carbonyl (C=O) groups excluding carboxylic acids is 1. The summed E-state index contributed by atoms with van der Waals surface area (Å²) in [5.74, 6) is 0.0612. The van der Waals surface area contributed by atoms with Gasteiger partial charge >= 0.3 is 0 Å². The van der Waals surface area contributed by atoms with Crippen molar-refractivity contribution in [3.05, 3.63) is 0 Å². The standard InChI is InChI=1S/C10H20N2O3/c1-3-12(4-5-15-2)10(14)9-6-8(13)7-11-9/h8-9,11,13H,3-7H2,1-2H3. The van der Waals surface area contributed by atoms with Gasteiger partial charge in [-0.05, 0) is 13.3 Å². The first-order valence-electron chi connectivity index (χ1n) is 5.38. The predicted molar refractivity (Wildman–Crippen MR) is 56.5 cm³/mol. The molecule has 0 aliphatic carbocycles. The topological polar surface area (TPSA) is 61.8 Å². The van der Waals surface area contributed by atoms with Gasteiger partial charge in [0.05, 0.1) is 18.8 Å². The second-order valence-corrected chi connectivity index (χ2v) is 3.76. The Morgan fingerprint density at radius 2 is 2.40 bits per heavy atom. The predicted octanol–water partition coefficient (Wildman–Crippen LogP) is -0.796. The van der Waals surface area contributed by atoms with Gasteiger partial charge in [0.1, 0.15) is 0 Å². The van der Waals surface area contributed by atoms with E-state index >= 15 is 0 Å². The molecule has 1 fully saturated rings. The number of likely N-dealkylation sites (N-methyl/N-ethyl adjacent to an activating group) is 1. The van der Waals surface area contributed by atoms with Crippen molar-refractivity contribution < 1.29 is 14.6 Å². The molecule has 0 bridgehead atoms. The summed E-state index contributed by atoms with van der Waals surface area (Å²) in [7, 11) is 1.62. The van der Waals surface area contributed by atoms with Gasteiger partial charge < -0.3 is 20.1 Å². The molecule has 15 heavy (non-hydrogen) atoms. The van der Waals surface area contributed by atoms with Crippen LogP contribution in [0.15, 0.2) is 0 Å². The molecule has 2 N–H and O–H groups in total. The molecule has 0 radical (unpaired) electrons. The van der Waals surface area contributed by atoms with E-state index in [9.17, 15) is 9.90 Å². The zero-order valence-electron chi connectivity index (χ0n) is 9.40. The molecule has 0 spiro atoms. The fraction of sp³-hybridized carbons (Fsp3) is 0.900. The minimum Gasteiger partial charge on any atom is -0.392 e. The maximum Gasteiger partial charge on any atom is 0.239 e. The quantitative estimate of drug-likeness (QED) is 0.632. The van der Waals surface area contributed by atoms with Crippen LogP contribution in [0.3, 0.4) is 0 Å². The molecule has 1 heterocycles. The summed E-state index contributed by atoms with van der Waals surface area (Å²) in [6, 6.07) is -0.225. The number of nitrogens with one attached hydrogen (secondary N) is 1. The van der Waals surface area contributed by atoms with Gasteiger partial charge in [-0.15, -0.1) is 0 Å². The molecule has 1 saturated heterocycles. The van der Waals surface area contributed by atoms with Crippen molar-refractivity contribution >= 4 is 5.91 Å². The van der Waals surface area contributed by atoms with E-state index in [1.807, 2.05) is 6.92 Å². The van der Waals surface area contributed by atoms with Crippen molar-refractivity contribution in [1.29, 1.82) is 0 Å². The second kappa shape index (κ2) is 6.05. The van der Waals surface area contributed by atoms with Crippen LogP contribution in [0, 0.1) is 0 Å². The summed E-state index contributed by atoms with van der Waals surface area (Å²) in [6.07, 6.45) is 0.127. The molecule has 2 unspecified atom stereocenters. The minimum atomic E-state index is -0.389. The minimum absolute atomic E-state index is 0.0612. The van der Waals surface area contributed by atoms with Crippen molar-refractivity contribution in [2.45, 2.75) is 25.5 Å². The Hall–Kier alpha value is -0.650. The highest BCUT2D eigenvalue weighted by Crippen LogP contribution is 2.09. The van der Waals surface area contributed by atoms with E-state index in [0.29, 0.717) is 32.7 Å². The highest BCUT2D eigenvalue weighted by Gasteiger charge is 2.30. The van der Waals surface area contributed by atoms with Gasteiger partial charge in [0.15, 0.2) is 0 Å². The lowest BCUT2D eigenvalue weighted by atomic mass is 10.2. The first-order chi connectivity index (χ1) is 7.19. The van der Waals surface area contributed by atoms with Crippen molar-refractivity contribution in [3.8, 4) is 0 Å². The van der Waals surface area contributed by atoms with Gasteiger partial charge in [-0.3, -0.25) is 4.79 Å². The number of nitrogens with zero attached hydrogens (tertiary/aromatic N) is 1. The fourth-order valence-corrected chi connectivity index (χ4v) is 1.75. The number of aliphatic hydroxyl groups is 1. The lowest BCUT2D eigenvalue weighted by molar-refractivity contribution is -0.133. The number of ether oxygens (including phenoxy) is 1. The lowest BCUT2D eigenvalue weighted by Gasteiger charge is -2.23. The summed E-state index contributed by atoms with van der Waals surface area (Å²) in [4.78, 5) is 13.7. The Labute approximate surface area is 90.4 Å². The van der Waals surface area contributed by atoms with E-state index in [-0.39, 0.29) is 18.1 Å². The average Bonchev–Trinajstić information content (AvgIpc) is 2.65. The molecule has 88 valence electrons. The van der Waals surface area contributed by atoms with Gasteiger partial charge in [0, 0.05) is 26.7 Å². The summed E-state index contributed by atoms with van der Waals surface area (Å²) in [5, 5.41) is 12.3. The molecule has 0 saturated carbocycles. The Morgan fingerprint density at radius 1 is 1.67 bits per heavy atom. The number of carbonyl (C=O) groups is 1. The molecular weight excluding hydrogens is 196 g/mol. The Kier molecular flexibility index (Phi) is 5.01. The van der Waals surface area contributed by atoms with E-state index in [1.165, 1.54) is 0 Å². The molecule has 1 rings (SSSR count). The Morgan fingerprint density at radius 3 is 2.87 bits per heavy atom. The Balaban J connectivity index is 2.42. The third kappa shape index (κ3) is 3.44. The number of β-amino-alcohol motifs (C(OH)–C–C–N with tert-alkyl or cyclic N) is 1.